The highest BCUT2D eigenvalue weighted by Crippen LogP contribution is 2.42. The second-order valence-electron chi connectivity index (χ2n) is 9.99. The Balaban J connectivity index is 1.24. The molecule has 0 spiro atoms. The Morgan fingerprint density at radius 2 is 1.73 bits per heavy atom. The van der Waals surface area contributed by atoms with Crippen LogP contribution < -0.4 is 15.5 Å². The molecule has 0 bridgehead atoms. The summed E-state index contributed by atoms with van der Waals surface area (Å²) in [6.07, 6.45) is 4.25. The van der Waals surface area contributed by atoms with Crippen molar-refractivity contribution in [3.8, 4) is 0 Å². The molecule has 0 radical (unpaired) electrons. The number of amides is 4. The van der Waals surface area contributed by atoms with Gasteiger partial charge in [-0.15, -0.1) is 0 Å². The number of hydrogen-bond acceptors (Lipinski definition) is 5. The van der Waals surface area contributed by atoms with Crippen LogP contribution in [0.4, 0.5) is 11.4 Å². The summed E-state index contributed by atoms with van der Waals surface area (Å²) in [6, 6.07) is 15.9. The van der Waals surface area contributed by atoms with Gasteiger partial charge in [-0.25, -0.2) is 0 Å². The van der Waals surface area contributed by atoms with Crippen LogP contribution in [-0.4, -0.2) is 47.7 Å². The Kier molecular flexibility index (Phi) is 5.96. The Labute approximate surface area is 214 Å². The second-order valence-corrected chi connectivity index (χ2v) is 9.99. The smallest absolute Gasteiger partial charge is 0.259 e. The van der Waals surface area contributed by atoms with Gasteiger partial charge in [0.15, 0.2) is 0 Å². The molecule has 3 heterocycles. The number of carbonyl (C=O) groups excluding carboxylic acids is 4. The fraction of sp³-hybridized carbons (Fsp3) is 0.310. The van der Waals surface area contributed by atoms with Crippen LogP contribution in [0.25, 0.3) is 10.8 Å². The van der Waals surface area contributed by atoms with Crippen LogP contribution in [0.15, 0.2) is 54.6 Å². The van der Waals surface area contributed by atoms with Crippen molar-refractivity contribution in [1.82, 2.24) is 10.2 Å². The largest absolute Gasteiger partial charge is 0.321 e. The van der Waals surface area contributed by atoms with Crippen molar-refractivity contribution in [2.24, 2.45) is 0 Å². The highest BCUT2D eigenvalue weighted by Gasteiger charge is 2.40. The standard InChI is InChI=1S/C29H28N4O4/c34-25-14-13-24(28(36)31-25)33-23-12-11-22(20-5-4-6-21(26(20)23)29(33)37)30-27(35)19-9-7-18(8-10-19)17-32-15-2-1-3-16-32/h4-12,24H,1-3,13-17H2,(H,30,35)(H,31,34,36). The topological polar surface area (TPSA) is 98.8 Å². The summed E-state index contributed by atoms with van der Waals surface area (Å²) in [5, 5.41) is 6.77. The van der Waals surface area contributed by atoms with Crippen molar-refractivity contribution >= 4 is 45.8 Å². The maximum absolute atomic E-state index is 13.3. The Morgan fingerprint density at radius 3 is 2.49 bits per heavy atom. The molecule has 3 aliphatic heterocycles. The van der Waals surface area contributed by atoms with Crippen LogP contribution in [0.1, 0.15) is 58.4 Å². The number of nitrogens with zero attached hydrogens (tertiary/aromatic N) is 2. The molecule has 3 aromatic rings. The van der Waals surface area contributed by atoms with Crippen LogP contribution in [0.2, 0.25) is 0 Å². The van der Waals surface area contributed by atoms with Gasteiger partial charge >= 0.3 is 0 Å². The quantitative estimate of drug-likeness (QED) is 0.523. The molecule has 2 saturated heterocycles. The van der Waals surface area contributed by atoms with E-state index in [2.05, 4.69) is 15.5 Å². The van der Waals surface area contributed by atoms with E-state index in [9.17, 15) is 19.2 Å². The zero-order chi connectivity index (χ0) is 25.5. The van der Waals surface area contributed by atoms with E-state index in [1.54, 1.807) is 24.3 Å². The number of nitrogens with one attached hydrogen (secondary N) is 2. The highest BCUT2D eigenvalue weighted by molar-refractivity contribution is 6.29. The molecule has 2 N–H and O–H groups in total. The molecule has 3 aromatic carbocycles. The van der Waals surface area contributed by atoms with Crippen molar-refractivity contribution in [2.45, 2.75) is 44.7 Å². The molecule has 1 unspecified atom stereocenters. The maximum atomic E-state index is 13.3. The molecule has 3 aliphatic rings. The van der Waals surface area contributed by atoms with E-state index in [0.717, 1.165) is 25.0 Å². The first-order valence-electron chi connectivity index (χ1n) is 12.9. The minimum Gasteiger partial charge on any atom is -0.321 e. The number of carbonyl (C=O) groups is 4. The lowest BCUT2D eigenvalue weighted by molar-refractivity contribution is -0.134. The molecule has 8 nitrogen and oxygen atoms in total. The molecule has 8 heteroatoms. The molecular weight excluding hydrogens is 468 g/mol. The fourth-order valence-electron chi connectivity index (χ4n) is 5.68. The number of rotatable bonds is 5. The van der Waals surface area contributed by atoms with Crippen molar-refractivity contribution in [1.29, 1.82) is 0 Å². The van der Waals surface area contributed by atoms with Gasteiger partial charge in [0.05, 0.1) is 5.69 Å². The summed E-state index contributed by atoms with van der Waals surface area (Å²) in [5.74, 6) is -1.29. The van der Waals surface area contributed by atoms with E-state index in [1.807, 2.05) is 30.3 Å². The van der Waals surface area contributed by atoms with Gasteiger partial charge < -0.3 is 5.32 Å². The van der Waals surface area contributed by atoms with Gasteiger partial charge in [0.1, 0.15) is 6.04 Å². The number of imide groups is 1. The fourth-order valence-corrected chi connectivity index (χ4v) is 5.68. The molecule has 188 valence electrons. The number of hydrogen-bond donors (Lipinski definition) is 2. The number of anilines is 2. The summed E-state index contributed by atoms with van der Waals surface area (Å²) in [5.41, 5.74) is 3.45. The van der Waals surface area contributed by atoms with E-state index in [1.165, 1.54) is 29.7 Å². The summed E-state index contributed by atoms with van der Waals surface area (Å²) in [4.78, 5) is 54.5. The molecule has 0 aliphatic carbocycles. The zero-order valence-corrected chi connectivity index (χ0v) is 20.5. The third-order valence-corrected chi connectivity index (χ3v) is 7.57. The van der Waals surface area contributed by atoms with Crippen LogP contribution in [-0.2, 0) is 16.1 Å². The molecule has 0 aromatic heterocycles. The van der Waals surface area contributed by atoms with Gasteiger partial charge in [-0.1, -0.05) is 30.7 Å². The van der Waals surface area contributed by atoms with Crippen molar-refractivity contribution in [3.05, 3.63) is 71.3 Å². The van der Waals surface area contributed by atoms with E-state index in [0.29, 0.717) is 27.9 Å². The van der Waals surface area contributed by atoms with Crippen LogP contribution >= 0.6 is 0 Å². The lowest BCUT2D eigenvalue weighted by Gasteiger charge is -2.30. The second kappa shape index (κ2) is 9.44. The van der Waals surface area contributed by atoms with Crippen LogP contribution in [0, 0.1) is 0 Å². The van der Waals surface area contributed by atoms with Crippen LogP contribution in [0.5, 0.6) is 0 Å². The number of benzene rings is 3. The molecule has 2 fully saturated rings. The number of piperidine rings is 2. The first-order chi connectivity index (χ1) is 18.0. The van der Waals surface area contributed by atoms with E-state index in [-0.39, 0.29) is 30.6 Å². The third-order valence-electron chi connectivity index (χ3n) is 7.57. The van der Waals surface area contributed by atoms with Gasteiger partial charge in [-0.3, -0.25) is 34.3 Å². The highest BCUT2D eigenvalue weighted by atomic mass is 16.2. The van der Waals surface area contributed by atoms with Gasteiger partial charge in [0.25, 0.3) is 11.8 Å². The minimum atomic E-state index is -0.746. The van der Waals surface area contributed by atoms with Crippen molar-refractivity contribution in [3.63, 3.8) is 0 Å². The van der Waals surface area contributed by atoms with Crippen molar-refractivity contribution < 1.29 is 19.2 Å². The first-order valence-corrected chi connectivity index (χ1v) is 12.9. The first kappa shape index (κ1) is 23.4. The molecule has 6 rings (SSSR count). The monoisotopic (exact) mass is 496 g/mol. The summed E-state index contributed by atoms with van der Waals surface area (Å²) in [6.45, 7) is 3.14. The van der Waals surface area contributed by atoms with Gasteiger partial charge in [-0.2, -0.15) is 0 Å². The molecule has 37 heavy (non-hydrogen) atoms. The average Bonchev–Trinajstić information content (AvgIpc) is 3.19. The SMILES string of the molecule is O=C1CCC(N2C(=O)c3cccc4c(NC(=O)c5ccc(CN6CCCCC6)cc5)ccc2c34)C(=O)N1. The van der Waals surface area contributed by atoms with Gasteiger partial charge in [-0.05, 0) is 68.2 Å². The minimum absolute atomic E-state index is 0.185. The van der Waals surface area contributed by atoms with E-state index < -0.39 is 11.9 Å². The maximum Gasteiger partial charge on any atom is 0.259 e. The molecular formula is C29H28N4O4. The molecule has 1 atom stereocenters. The third kappa shape index (κ3) is 4.27. The lowest BCUT2D eigenvalue weighted by atomic mass is 10.0. The van der Waals surface area contributed by atoms with E-state index in [4.69, 9.17) is 0 Å². The van der Waals surface area contributed by atoms with Crippen LogP contribution in [0.3, 0.4) is 0 Å². The summed E-state index contributed by atoms with van der Waals surface area (Å²) >= 11 is 0. The predicted octanol–water partition coefficient (Wildman–Crippen LogP) is 3.84. The van der Waals surface area contributed by atoms with Gasteiger partial charge in [0.2, 0.25) is 11.8 Å². The number of likely N-dealkylation sites (tertiary alicyclic amines) is 1. The lowest BCUT2D eigenvalue weighted by Crippen LogP contribution is -2.53. The normalized spacial score (nSPS) is 19.8. The average molecular weight is 497 g/mol. The summed E-state index contributed by atoms with van der Waals surface area (Å²) in [7, 11) is 0. The van der Waals surface area contributed by atoms with Crippen molar-refractivity contribution in [2.75, 3.05) is 23.3 Å². The molecule has 4 amide bonds. The zero-order valence-electron chi connectivity index (χ0n) is 20.5. The summed E-state index contributed by atoms with van der Waals surface area (Å²) < 4.78 is 0. The Hall–Kier alpha value is -4.04. The predicted molar refractivity (Wildman–Crippen MR) is 140 cm³/mol. The van der Waals surface area contributed by atoms with E-state index >= 15 is 0 Å². The Morgan fingerprint density at radius 1 is 0.946 bits per heavy atom. The molecule has 0 saturated carbocycles. The Bertz CT molecular complexity index is 1430. The van der Waals surface area contributed by atoms with Gasteiger partial charge in [0, 0.05) is 40.6 Å².